The molecule has 0 aliphatic carbocycles. The summed E-state index contributed by atoms with van der Waals surface area (Å²) in [4.78, 5) is 12.3. The van der Waals surface area contributed by atoms with Crippen LogP contribution in [0.1, 0.15) is 16.8 Å². The number of aryl methyl sites for hydroxylation is 1. The van der Waals surface area contributed by atoms with Crippen LogP contribution < -0.4 is 5.32 Å². The topological polar surface area (TPSA) is 101 Å². The molecule has 0 atom stereocenters. The van der Waals surface area contributed by atoms with E-state index >= 15 is 0 Å². The molecular weight excluding hydrogens is 294 g/mol. The van der Waals surface area contributed by atoms with Gasteiger partial charge in [-0.05, 0) is 18.2 Å². The van der Waals surface area contributed by atoms with Crippen molar-refractivity contribution in [2.24, 2.45) is 0 Å². The van der Waals surface area contributed by atoms with E-state index in [1.165, 1.54) is 0 Å². The number of rotatable bonds is 5. The van der Waals surface area contributed by atoms with E-state index in [1.807, 2.05) is 6.07 Å². The van der Waals surface area contributed by atoms with E-state index in [0.717, 1.165) is 5.69 Å². The van der Waals surface area contributed by atoms with Gasteiger partial charge in [0.1, 0.15) is 0 Å². The molecule has 8 heteroatoms. The lowest BCUT2D eigenvalue weighted by molar-refractivity contribution is 0.102. The van der Waals surface area contributed by atoms with Crippen molar-refractivity contribution in [1.29, 1.82) is 5.26 Å². The average molecular weight is 307 g/mol. The first kappa shape index (κ1) is 14.5. The molecule has 0 fully saturated rings. The zero-order valence-electron chi connectivity index (χ0n) is 12.1. The van der Waals surface area contributed by atoms with Gasteiger partial charge in [-0.2, -0.15) is 10.4 Å². The third-order valence-corrected chi connectivity index (χ3v) is 3.13. The molecule has 8 nitrogen and oxygen atoms in total. The minimum Gasteiger partial charge on any atom is -0.305 e. The van der Waals surface area contributed by atoms with Gasteiger partial charge in [-0.1, -0.05) is 11.3 Å². The lowest BCUT2D eigenvalue weighted by Crippen LogP contribution is -2.13. The summed E-state index contributed by atoms with van der Waals surface area (Å²) in [6, 6.07) is 10.8. The van der Waals surface area contributed by atoms with Crippen LogP contribution in [0.5, 0.6) is 0 Å². The smallest absolute Gasteiger partial charge is 0.256 e. The first-order chi connectivity index (χ1) is 11.3. The van der Waals surface area contributed by atoms with Crippen molar-refractivity contribution < 1.29 is 4.79 Å². The Bertz CT molecular complexity index is 845. The predicted octanol–water partition coefficient (Wildman–Crippen LogP) is 1.63. The fraction of sp³-hybridized carbons (Fsp3) is 0.133. The van der Waals surface area contributed by atoms with Crippen LogP contribution in [-0.4, -0.2) is 30.7 Å². The number of aromatic nitrogens is 5. The van der Waals surface area contributed by atoms with Crippen LogP contribution in [0.4, 0.5) is 5.82 Å². The van der Waals surface area contributed by atoms with Crippen LogP contribution in [0.25, 0.3) is 5.69 Å². The van der Waals surface area contributed by atoms with E-state index in [9.17, 15) is 4.79 Å². The number of carbonyl (C=O) groups excluding carboxylic acids is 1. The number of nitriles is 1. The Morgan fingerprint density at radius 1 is 1.30 bits per heavy atom. The highest BCUT2D eigenvalue weighted by Crippen LogP contribution is 2.11. The standard InChI is InChI=1S/C15H13N7O/c16-6-2-8-21-9-5-14(19-21)18-15(23)12-3-1-4-13(11-12)22-10-7-17-20-22/h1,3-5,7,9-11H,2,8H2,(H,18,19,23). The largest absolute Gasteiger partial charge is 0.305 e. The summed E-state index contributed by atoms with van der Waals surface area (Å²) in [5.41, 5.74) is 1.24. The molecular formula is C15H13N7O. The van der Waals surface area contributed by atoms with E-state index in [1.54, 1.807) is 52.2 Å². The Balaban J connectivity index is 1.72. The lowest BCUT2D eigenvalue weighted by atomic mass is 10.2. The second-order valence-corrected chi connectivity index (χ2v) is 4.72. The van der Waals surface area contributed by atoms with Gasteiger partial charge in [0.05, 0.1) is 37.1 Å². The molecule has 3 rings (SSSR count). The van der Waals surface area contributed by atoms with E-state index in [4.69, 9.17) is 5.26 Å². The number of carbonyl (C=O) groups is 1. The number of hydrogen-bond acceptors (Lipinski definition) is 5. The molecule has 2 heterocycles. The number of nitrogens with one attached hydrogen (secondary N) is 1. The highest BCUT2D eigenvalue weighted by molar-refractivity contribution is 6.04. The molecule has 1 N–H and O–H groups in total. The van der Waals surface area contributed by atoms with Crippen molar-refractivity contribution in [2.75, 3.05) is 5.32 Å². The van der Waals surface area contributed by atoms with Gasteiger partial charge in [0.15, 0.2) is 5.82 Å². The highest BCUT2D eigenvalue weighted by Gasteiger charge is 2.09. The Hall–Kier alpha value is -3.47. The summed E-state index contributed by atoms with van der Waals surface area (Å²) in [7, 11) is 0. The van der Waals surface area contributed by atoms with Gasteiger partial charge in [-0.15, -0.1) is 5.10 Å². The molecule has 1 aromatic carbocycles. The Labute approximate surface area is 132 Å². The van der Waals surface area contributed by atoms with Gasteiger partial charge in [-0.3, -0.25) is 9.48 Å². The maximum Gasteiger partial charge on any atom is 0.256 e. The minimum atomic E-state index is -0.266. The molecule has 0 bridgehead atoms. The third kappa shape index (κ3) is 3.41. The first-order valence-corrected chi connectivity index (χ1v) is 6.95. The van der Waals surface area contributed by atoms with Gasteiger partial charge >= 0.3 is 0 Å². The molecule has 0 aliphatic heterocycles. The van der Waals surface area contributed by atoms with Gasteiger partial charge < -0.3 is 5.32 Å². The second kappa shape index (κ2) is 6.53. The number of nitrogens with zero attached hydrogens (tertiary/aromatic N) is 6. The van der Waals surface area contributed by atoms with Crippen molar-refractivity contribution in [3.63, 3.8) is 0 Å². The maximum absolute atomic E-state index is 12.3. The molecule has 0 unspecified atom stereocenters. The summed E-state index contributed by atoms with van der Waals surface area (Å²) >= 11 is 0. The summed E-state index contributed by atoms with van der Waals surface area (Å²) in [5, 5.41) is 23.1. The average Bonchev–Trinajstić information content (AvgIpc) is 3.25. The van der Waals surface area contributed by atoms with E-state index in [0.29, 0.717) is 24.3 Å². The van der Waals surface area contributed by atoms with Gasteiger partial charge in [0.25, 0.3) is 5.91 Å². The predicted molar refractivity (Wildman–Crippen MR) is 81.8 cm³/mol. The number of benzene rings is 1. The summed E-state index contributed by atoms with van der Waals surface area (Å²) in [6.07, 6.45) is 5.36. The highest BCUT2D eigenvalue weighted by atomic mass is 16.1. The SMILES string of the molecule is N#CCCn1ccc(NC(=O)c2cccc(-n3ccnn3)c2)n1. The third-order valence-electron chi connectivity index (χ3n) is 3.13. The van der Waals surface area contributed by atoms with Crippen LogP contribution in [0.3, 0.4) is 0 Å². The number of amides is 1. The maximum atomic E-state index is 12.3. The zero-order chi connectivity index (χ0) is 16.1. The van der Waals surface area contributed by atoms with Crippen LogP contribution in [0.15, 0.2) is 48.9 Å². The fourth-order valence-electron chi connectivity index (χ4n) is 2.04. The summed E-state index contributed by atoms with van der Waals surface area (Å²) < 4.78 is 3.19. The van der Waals surface area contributed by atoms with Crippen LogP contribution >= 0.6 is 0 Å². The van der Waals surface area contributed by atoms with Crippen molar-refractivity contribution in [1.82, 2.24) is 24.8 Å². The first-order valence-electron chi connectivity index (χ1n) is 6.95. The Morgan fingerprint density at radius 2 is 2.22 bits per heavy atom. The van der Waals surface area contributed by atoms with E-state index in [-0.39, 0.29) is 5.91 Å². The van der Waals surface area contributed by atoms with Gasteiger partial charge in [0.2, 0.25) is 0 Å². The van der Waals surface area contributed by atoms with Crippen LogP contribution in [0, 0.1) is 11.3 Å². The lowest BCUT2D eigenvalue weighted by Gasteiger charge is -2.05. The van der Waals surface area contributed by atoms with Crippen LogP contribution in [-0.2, 0) is 6.54 Å². The minimum absolute atomic E-state index is 0.266. The summed E-state index contributed by atoms with van der Waals surface area (Å²) in [5.74, 6) is 0.177. The molecule has 2 aromatic heterocycles. The molecule has 114 valence electrons. The number of anilines is 1. The van der Waals surface area contributed by atoms with Crippen LogP contribution in [0.2, 0.25) is 0 Å². The monoisotopic (exact) mass is 307 g/mol. The summed E-state index contributed by atoms with van der Waals surface area (Å²) in [6.45, 7) is 0.494. The van der Waals surface area contributed by atoms with Gasteiger partial charge in [-0.25, -0.2) is 4.68 Å². The number of hydrogen-bond donors (Lipinski definition) is 1. The van der Waals surface area contributed by atoms with Crippen molar-refractivity contribution >= 4 is 11.7 Å². The molecule has 0 aliphatic rings. The quantitative estimate of drug-likeness (QED) is 0.772. The van der Waals surface area contributed by atoms with Crippen molar-refractivity contribution in [3.05, 3.63) is 54.5 Å². The molecule has 1 amide bonds. The second-order valence-electron chi connectivity index (χ2n) is 4.72. The van der Waals surface area contributed by atoms with Crippen molar-refractivity contribution in [2.45, 2.75) is 13.0 Å². The Morgan fingerprint density at radius 3 is 3.00 bits per heavy atom. The normalized spacial score (nSPS) is 10.2. The molecule has 0 saturated heterocycles. The molecule has 3 aromatic rings. The molecule has 0 radical (unpaired) electrons. The molecule has 0 saturated carbocycles. The fourth-order valence-corrected chi connectivity index (χ4v) is 2.04. The van der Waals surface area contributed by atoms with E-state index in [2.05, 4.69) is 26.8 Å². The molecule has 0 spiro atoms. The zero-order valence-corrected chi connectivity index (χ0v) is 12.1. The van der Waals surface area contributed by atoms with Gasteiger partial charge in [0, 0.05) is 17.8 Å². The Kier molecular flexibility index (Phi) is 4.11. The molecule has 23 heavy (non-hydrogen) atoms. The van der Waals surface area contributed by atoms with E-state index < -0.39 is 0 Å². The van der Waals surface area contributed by atoms with Crippen molar-refractivity contribution in [3.8, 4) is 11.8 Å².